The van der Waals surface area contributed by atoms with Gasteiger partial charge < -0.3 is 25.5 Å². The highest BCUT2D eigenvalue weighted by molar-refractivity contribution is 5.75. The lowest BCUT2D eigenvalue weighted by molar-refractivity contribution is -0.149. The quantitative estimate of drug-likeness (QED) is 0.0969. The molecular weight excluding hydrogens is 536 g/mol. The highest BCUT2D eigenvalue weighted by Crippen LogP contribution is 2.15. The molecule has 2 aromatic rings. The fourth-order valence-corrected chi connectivity index (χ4v) is 4.58. The highest BCUT2D eigenvalue weighted by Gasteiger charge is 2.22. The molecule has 2 aromatic heterocycles. The van der Waals surface area contributed by atoms with E-state index in [4.69, 9.17) is 20.9 Å². The summed E-state index contributed by atoms with van der Waals surface area (Å²) in [6.45, 7) is 6.53. The number of rotatable bonds is 22. The fraction of sp³-hybridized carbons (Fsp3) is 0.710. The van der Waals surface area contributed by atoms with E-state index in [9.17, 15) is 14.4 Å². The van der Waals surface area contributed by atoms with Crippen molar-refractivity contribution < 1.29 is 19.1 Å². The molecule has 2 rings (SSSR count). The molecule has 0 aliphatic heterocycles. The molecule has 0 saturated carbocycles. The standard InChI is InChI=1S/C31H52N6O5/c1-4-5-6-7-8-9-10-11-12-13-14-15-16-17-25(38)41-19-18-24(21-42-30(40)26(32)23(2)3)20-37-22-34-27-28(37)35-31(33)36-29(27)39/h9-10,22-24,26H,4-8,11-21,32H2,1-3H3,(H3,33,35,36,39)/t24-,26+/m1/s1. The molecule has 11 heteroatoms. The Labute approximate surface area is 249 Å². The number of unbranched alkanes of at least 4 members (excludes halogenated alkanes) is 9. The summed E-state index contributed by atoms with van der Waals surface area (Å²) < 4.78 is 12.7. The summed E-state index contributed by atoms with van der Waals surface area (Å²) in [6.07, 6.45) is 19.8. The van der Waals surface area contributed by atoms with Crippen LogP contribution >= 0.6 is 0 Å². The van der Waals surface area contributed by atoms with E-state index in [0.717, 1.165) is 25.7 Å². The van der Waals surface area contributed by atoms with Crippen molar-refractivity contribution in [3.05, 3.63) is 28.8 Å². The number of hydrogen-bond donors (Lipinski definition) is 3. The zero-order chi connectivity index (χ0) is 30.7. The average molecular weight is 589 g/mol. The highest BCUT2D eigenvalue weighted by atomic mass is 16.5. The maximum absolute atomic E-state index is 12.3. The second kappa shape index (κ2) is 19.8. The first-order valence-electron chi connectivity index (χ1n) is 15.7. The molecular formula is C31H52N6O5. The van der Waals surface area contributed by atoms with E-state index in [2.05, 4.69) is 34.0 Å². The second-order valence-electron chi connectivity index (χ2n) is 11.4. The summed E-state index contributed by atoms with van der Waals surface area (Å²) in [5.41, 5.74) is 11.7. The first kappa shape index (κ1) is 35.0. The summed E-state index contributed by atoms with van der Waals surface area (Å²) in [6, 6.07) is -0.727. The number of carbonyl (C=O) groups is 2. The molecule has 0 fully saturated rings. The summed E-state index contributed by atoms with van der Waals surface area (Å²) >= 11 is 0. The van der Waals surface area contributed by atoms with Gasteiger partial charge in [-0.3, -0.25) is 19.4 Å². The van der Waals surface area contributed by atoms with E-state index in [1.54, 1.807) is 4.57 Å². The lowest BCUT2D eigenvalue weighted by Gasteiger charge is -2.20. The third-order valence-electron chi connectivity index (χ3n) is 7.33. The van der Waals surface area contributed by atoms with Crippen molar-refractivity contribution in [3.8, 4) is 0 Å². The van der Waals surface area contributed by atoms with Crippen molar-refractivity contribution in [3.63, 3.8) is 0 Å². The maximum Gasteiger partial charge on any atom is 0.323 e. The largest absolute Gasteiger partial charge is 0.466 e. The van der Waals surface area contributed by atoms with Crippen LogP contribution in [0, 0.1) is 11.8 Å². The number of hydrogen-bond acceptors (Lipinski definition) is 9. The van der Waals surface area contributed by atoms with Crippen LogP contribution in [0.25, 0.3) is 11.2 Å². The molecule has 0 spiro atoms. The van der Waals surface area contributed by atoms with Gasteiger partial charge in [0.2, 0.25) is 5.95 Å². The van der Waals surface area contributed by atoms with Gasteiger partial charge in [0, 0.05) is 18.9 Å². The van der Waals surface area contributed by atoms with Crippen LogP contribution in [0.15, 0.2) is 23.3 Å². The van der Waals surface area contributed by atoms with Gasteiger partial charge in [-0.15, -0.1) is 0 Å². The first-order chi connectivity index (χ1) is 20.2. The minimum Gasteiger partial charge on any atom is -0.466 e. The van der Waals surface area contributed by atoms with Crippen molar-refractivity contribution in [2.45, 2.75) is 117 Å². The van der Waals surface area contributed by atoms with Gasteiger partial charge in [0.25, 0.3) is 5.56 Å². The van der Waals surface area contributed by atoms with Crippen molar-refractivity contribution in [2.24, 2.45) is 17.6 Å². The first-order valence-corrected chi connectivity index (χ1v) is 15.7. The Balaban J connectivity index is 1.73. The third kappa shape index (κ3) is 13.2. The zero-order valence-corrected chi connectivity index (χ0v) is 25.8. The van der Waals surface area contributed by atoms with Crippen molar-refractivity contribution >= 4 is 29.1 Å². The molecule has 0 unspecified atom stereocenters. The van der Waals surface area contributed by atoms with Crippen molar-refractivity contribution in [1.82, 2.24) is 19.5 Å². The molecule has 5 N–H and O–H groups in total. The molecule has 0 radical (unpaired) electrons. The third-order valence-corrected chi connectivity index (χ3v) is 7.33. The fourth-order valence-electron chi connectivity index (χ4n) is 4.58. The second-order valence-corrected chi connectivity index (χ2v) is 11.4. The summed E-state index contributed by atoms with van der Waals surface area (Å²) in [5, 5.41) is 0. The van der Waals surface area contributed by atoms with Gasteiger partial charge in [-0.25, -0.2) is 4.98 Å². The predicted molar refractivity (Wildman–Crippen MR) is 166 cm³/mol. The summed E-state index contributed by atoms with van der Waals surface area (Å²) in [5.74, 6) is -1.02. The van der Waals surface area contributed by atoms with Crippen LogP contribution in [0.4, 0.5) is 5.95 Å². The molecule has 0 aliphatic rings. The molecule has 11 nitrogen and oxygen atoms in total. The van der Waals surface area contributed by atoms with Crippen LogP contribution in [0.5, 0.6) is 0 Å². The van der Waals surface area contributed by atoms with Gasteiger partial charge >= 0.3 is 11.9 Å². The SMILES string of the molecule is CCCCCCC=CCCCCCCCC(=O)OCC[C@@H](COC(=O)[C@@H](N)C(C)C)Cn1cnc2c(=O)[nH]c(N)nc21. The van der Waals surface area contributed by atoms with Gasteiger partial charge in [-0.05, 0) is 44.4 Å². The molecule has 0 bridgehead atoms. The summed E-state index contributed by atoms with van der Waals surface area (Å²) in [7, 11) is 0. The number of ether oxygens (including phenoxy) is 2. The topological polar surface area (TPSA) is 168 Å². The molecule has 236 valence electrons. The number of fused-ring (bicyclic) bond motifs is 1. The van der Waals surface area contributed by atoms with E-state index >= 15 is 0 Å². The van der Waals surface area contributed by atoms with Crippen molar-refractivity contribution in [2.75, 3.05) is 18.9 Å². The van der Waals surface area contributed by atoms with Gasteiger partial charge in [-0.2, -0.15) is 4.98 Å². The van der Waals surface area contributed by atoms with Gasteiger partial charge in [-0.1, -0.05) is 71.4 Å². The van der Waals surface area contributed by atoms with Crippen LogP contribution in [-0.2, 0) is 25.6 Å². The van der Waals surface area contributed by atoms with Gasteiger partial charge in [0.1, 0.15) is 6.04 Å². The Hall–Kier alpha value is -3.21. The molecule has 2 heterocycles. The number of nitrogens with zero attached hydrogens (tertiary/aromatic N) is 3. The lowest BCUT2D eigenvalue weighted by atomic mass is 10.1. The minimum atomic E-state index is -0.727. The van der Waals surface area contributed by atoms with E-state index in [1.807, 2.05) is 13.8 Å². The Kier molecular flexibility index (Phi) is 16.5. The van der Waals surface area contributed by atoms with E-state index in [1.165, 1.54) is 51.3 Å². The minimum absolute atomic E-state index is 0.0148. The Morgan fingerprint density at radius 3 is 2.38 bits per heavy atom. The molecule has 0 aromatic carbocycles. The lowest BCUT2D eigenvalue weighted by Crippen LogP contribution is -2.38. The predicted octanol–water partition coefficient (Wildman–Crippen LogP) is 5.04. The molecule has 0 saturated heterocycles. The van der Waals surface area contributed by atoms with Crippen LogP contribution in [0.1, 0.15) is 104 Å². The number of carbonyl (C=O) groups excluding carboxylic acids is 2. The Morgan fingerprint density at radius 1 is 1.02 bits per heavy atom. The number of esters is 2. The van der Waals surface area contributed by atoms with E-state index in [0.29, 0.717) is 25.0 Å². The van der Waals surface area contributed by atoms with Gasteiger partial charge in [0.15, 0.2) is 11.2 Å². The monoisotopic (exact) mass is 588 g/mol. The van der Waals surface area contributed by atoms with Crippen LogP contribution in [0.3, 0.4) is 0 Å². The Bertz CT molecular complexity index is 1160. The number of imidazole rings is 1. The van der Waals surface area contributed by atoms with Crippen molar-refractivity contribution in [1.29, 1.82) is 0 Å². The number of anilines is 1. The number of aromatic amines is 1. The average Bonchev–Trinajstić information content (AvgIpc) is 3.35. The van der Waals surface area contributed by atoms with Gasteiger partial charge in [0.05, 0.1) is 19.5 Å². The Morgan fingerprint density at radius 2 is 1.69 bits per heavy atom. The van der Waals surface area contributed by atoms with Crippen LogP contribution < -0.4 is 17.0 Å². The molecule has 0 aliphatic carbocycles. The number of H-pyrrole nitrogens is 1. The van der Waals surface area contributed by atoms with Crippen LogP contribution in [0.2, 0.25) is 0 Å². The normalized spacial score (nSPS) is 13.2. The maximum atomic E-state index is 12.3. The summed E-state index contributed by atoms with van der Waals surface area (Å²) in [4.78, 5) is 47.6. The number of nitrogen functional groups attached to an aromatic ring is 1. The molecule has 42 heavy (non-hydrogen) atoms. The number of nitrogens with one attached hydrogen (secondary N) is 1. The van der Waals surface area contributed by atoms with E-state index < -0.39 is 17.6 Å². The molecule has 2 atom stereocenters. The molecule has 0 amide bonds. The zero-order valence-electron chi connectivity index (χ0n) is 25.8. The van der Waals surface area contributed by atoms with Crippen LogP contribution in [-0.4, -0.2) is 50.7 Å². The smallest absolute Gasteiger partial charge is 0.323 e. The van der Waals surface area contributed by atoms with E-state index in [-0.39, 0.29) is 42.5 Å². The number of allylic oxidation sites excluding steroid dienone is 2. The number of aromatic nitrogens is 4. The number of nitrogens with two attached hydrogens (primary N) is 2.